The summed E-state index contributed by atoms with van der Waals surface area (Å²) in [6.45, 7) is 4.35. The first-order chi connectivity index (χ1) is 14.5. The van der Waals surface area contributed by atoms with Crippen LogP contribution in [-0.2, 0) is 11.3 Å². The van der Waals surface area contributed by atoms with Gasteiger partial charge < -0.3 is 10.2 Å². The highest BCUT2D eigenvalue weighted by Gasteiger charge is 2.63. The first-order valence-electron chi connectivity index (χ1n) is 9.95. The van der Waals surface area contributed by atoms with Crippen LogP contribution in [0.3, 0.4) is 0 Å². The van der Waals surface area contributed by atoms with Gasteiger partial charge in [-0.1, -0.05) is 18.1 Å². The predicted octanol–water partition coefficient (Wildman–Crippen LogP) is 5.75. The summed E-state index contributed by atoms with van der Waals surface area (Å²) in [5.74, 6) is 1.65. The summed E-state index contributed by atoms with van der Waals surface area (Å²) in [6, 6.07) is 9.79. The molecule has 0 bridgehead atoms. The van der Waals surface area contributed by atoms with Gasteiger partial charge in [0.15, 0.2) is 0 Å². The molecule has 0 aromatic heterocycles. The lowest BCUT2D eigenvalue weighted by Gasteiger charge is -2.25. The number of carbonyl (C=O) groups excluding carboxylic acids is 1. The van der Waals surface area contributed by atoms with Gasteiger partial charge in [-0.05, 0) is 67.6 Å². The van der Waals surface area contributed by atoms with Crippen LogP contribution < -0.4 is 10.2 Å². The number of halogens is 4. The van der Waals surface area contributed by atoms with Crippen LogP contribution >= 0.6 is 0 Å². The van der Waals surface area contributed by atoms with Gasteiger partial charge in [-0.15, -0.1) is 6.42 Å². The van der Waals surface area contributed by atoms with Gasteiger partial charge in [0.25, 0.3) is 0 Å². The van der Waals surface area contributed by atoms with Gasteiger partial charge in [-0.3, -0.25) is 4.79 Å². The Balaban J connectivity index is 1.77. The largest absolute Gasteiger partial charge is 0.395 e. The Morgan fingerprint density at radius 1 is 1.16 bits per heavy atom. The minimum absolute atomic E-state index is 0.00867. The molecule has 7 heteroatoms. The molecule has 1 amide bonds. The zero-order chi connectivity index (χ0) is 22.8. The van der Waals surface area contributed by atoms with Crippen molar-refractivity contribution in [2.75, 3.05) is 16.8 Å². The summed E-state index contributed by atoms with van der Waals surface area (Å²) in [6.07, 6.45) is 0.567. The van der Waals surface area contributed by atoms with Crippen LogP contribution in [-0.4, -0.2) is 18.6 Å². The van der Waals surface area contributed by atoms with Crippen LogP contribution in [0.5, 0.6) is 0 Å². The van der Waals surface area contributed by atoms with Gasteiger partial charge in [0.05, 0.1) is 12.0 Å². The minimum Gasteiger partial charge on any atom is -0.356 e. The van der Waals surface area contributed by atoms with Gasteiger partial charge in [0, 0.05) is 24.3 Å². The predicted molar refractivity (Wildman–Crippen MR) is 113 cm³/mol. The quantitative estimate of drug-likeness (QED) is 0.446. The third-order valence-corrected chi connectivity index (χ3v) is 5.67. The number of rotatable bonds is 7. The number of anilines is 2. The highest BCUT2D eigenvalue weighted by molar-refractivity contribution is 5.93. The molecule has 31 heavy (non-hydrogen) atoms. The van der Waals surface area contributed by atoms with E-state index in [0.717, 1.165) is 22.4 Å². The molecule has 164 valence electrons. The zero-order valence-corrected chi connectivity index (χ0v) is 17.4. The molecule has 3 nitrogen and oxygen atoms in total. The van der Waals surface area contributed by atoms with Crippen LogP contribution in [0.4, 0.5) is 28.9 Å². The maximum absolute atomic E-state index is 13.2. The molecule has 1 aliphatic rings. The molecule has 0 atom stereocenters. The van der Waals surface area contributed by atoms with Crippen molar-refractivity contribution in [1.29, 1.82) is 0 Å². The van der Waals surface area contributed by atoms with Crippen LogP contribution in [0.1, 0.15) is 36.0 Å². The number of amides is 1. The standard InChI is InChI=1S/C24H24F4N2O/c1-4-11-30(15-18-5-7-19(25)8-6-18)20-12-16(2)22(17(3)13-20)29-21(31)14-23(9-10-23)24(26,27)28/h1,5-8,12-13H,9-11,14-15H2,2-3H3,(H,29,31). The van der Waals surface area contributed by atoms with Crippen molar-refractivity contribution in [1.82, 2.24) is 0 Å². The van der Waals surface area contributed by atoms with Crippen LogP contribution in [0.2, 0.25) is 0 Å². The maximum Gasteiger partial charge on any atom is 0.395 e. The van der Waals surface area contributed by atoms with E-state index in [4.69, 9.17) is 6.42 Å². The van der Waals surface area contributed by atoms with Crippen molar-refractivity contribution in [2.45, 2.75) is 45.8 Å². The number of nitrogens with zero attached hydrogens (tertiary/aromatic N) is 1. The fourth-order valence-electron chi connectivity index (χ4n) is 3.68. The molecule has 2 aromatic rings. The Morgan fingerprint density at radius 3 is 2.23 bits per heavy atom. The molecule has 3 rings (SSSR count). The lowest BCUT2D eigenvalue weighted by Crippen LogP contribution is -2.30. The lowest BCUT2D eigenvalue weighted by atomic mass is 10.0. The van der Waals surface area contributed by atoms with Gasteiger partial charge in [0.1, 0.15) is 5.82 Å². The van der Waals surface area contributed by atoms with E-state index in [-0.39, 0.29) is 18.7 Å². The summed E-state index contributed by atoms with van der Waals surface area (Å²) in [7, 11) is 0. The Kier molecular flexibility index (Phi) is 6.30. The van der Waals surface area contributed by atoms with Crippen LogP contribution in [0.25, 0.3) is 0 Å². The van der Waals surface area contributed by atoms with Crippen LogP contribution in [0.15, 0.2) is 36.4 Å². The Morgan fingerprint density at radius 2 is 1.74 bits per heavy atom. The highest BCUT2D eigenvalue weighted by atomic mass is 19.4. The SMILES string of the molecule is C#CCN(Cc1ccc(F)cc1)c1cc(C)c(NC(=O)CC2(C(F)(F)F)CC2)c(C)c1. The number of terminal acetylenes is 1. The summed E-state index contributed by atoms with van der Waals surface area (Å²) in [4.78, 5) is 14.3. The van der Waals surface area contributed by atoms with E-state index < -0.39 is 23.9 Å². The summed E-state index contributed by atoms with van der Waals surface area (Å²) in [5.41, 5.74) is 1.77. The molecule has 0 radical (unpaired) electrons. The molecule has 1 N–H and O–H groups in total. The van der Waals surface area contributed by atoms with Crippen LogP contribution in [0, 0.1) is 37.4 Å². The molecule has 0 unspecified atom stereocenters. The van der Waals surface area contributed by atoms with Crippen molar-refractivity contribution >= 4 is 17.3 Å². The first kappa shape index (κ1) is 22.7. The minimum atomic E-state index is -4.37. The summed E-state index contributed by atoms with van der Waals surface area (Å²) >= 11 is 0. The van der Waals surface area contributed by atoms with E-state index in [0.29, 0.717) is 18.8 Å². The lowest BCUT2D eigenvalue weighted by molar-refractivity contribution is -0.189. The second kappa shape index (κ2) is 8.62. The second-order valence-corrected chi connectivity index (χ2v) is 8.14. The monoisotopic (exact) mass is 432 g/mol. The smallest absolute Gasteiger partial charge is 0.356 e. The first-order valence-corrected chi connectivity index (χ1v) is 9.95. The molecule has 2 aromatic carbocycles. The second-order valence-electron chi connectivity index (χ2n) is 8.14. The number of benzene rings is 2. The van der Waals surface area contributed by atoms with Crippen molar-refractivity contribution in [3.05, 3.63) is 58.9 Å². The molecule has 0 spiro atoms. The number of hydrogen-bond donors (Lipinski definition) is 1. The van der Waals surface area contributed by atoms with Crippen molar-refractivity contribution in [3.63, 3.8) is 0 Å². The van der Waals surface area contributed by atoms with Gasteiger partial charge >= 0.3 is 6.18 Å². The molecule has 1 fully saturated rings. The third-order valence-electron chi connectivity index (χ3n) is 5.67. The number of alkyl halides is 3. The number of carbonyl (C=O) groups is 1. The molecule has 0 aliphatic heterocycles. The number of nitrogens with one attached hydrogen (secondary N) is 1. The van der Waals surface area contributed by atoms with E-state index in [2.05, 4.69) is 11.2 Å². The van der Waals surface area contributed by atoms with E-state index in [1.807, 2.05) is 17.0 Å². The molecular weight excluding hydrogens is 408 g/mol. The van der Waals surface area contributed by atoms with Crippen molar-refractivity contribution in [2.24, 2.45) is 5.41 Å². The van der Waals surface area contributed by atoms with Crippen molar-refractivity contribution < 1.29 is 22.4 Å². The molecule has 0 heterocycles. The zero-order valence-electron chi connectivity index (χ0n) is 17.4. The summed E-state index contributed by atoms with van der Waals surface area (Å²) < 4.78 is 52.6. The molecule has 0 saturated heterocycles. The van der Waals surface area contributed by atoms with E-state index in [9.17, 15) is 22.4 Å². The highest BCUT2D eigenvalue weighted by Crippen LogP contribution is 2.60. The Labute approximate surface area is 179 Å². The molecular formula is C24H24F4N2O. The van der Waals surface area contributed by atoms with Gasteiger partial charge in [0.2, 0.25) is 5.91 Å². The fraction of sp³-hybridized carbons (Fsp3) is 0.375. The topological polar surface area (TPSA) is 32.3 Å². The molecule has 1 aliphatic carbocycles. The summed E-state index contributed by atoms with van der Waals surface area (Å²) in [5, 5.41) is 2.66. The average Bonchev–Trinajstić information content (AvgIpc) is 3.46. The van der Waals surface area contributed by atoms with E-state index in [1.165, 1.54) is 12.1 Å². The normalized spacial score (nSPS) is 14.6. The van der Waals surface area contributed by atoms with E-state index in [1.54, 1.807) is 26.0 Å². The Bertz CT molecular complexity index is 979. The number of aryl methyl sites for hydroxylation is 2. The number of hydrogen-bond acceptors (Lipinski definition) is 2. The Hall–Kier alpha value is -3.01. The third kappa shape index (κ3) is 5.19. The average molecular weight is 432 g/mol. The van der Waals surface area contributed by atoms with Crippen molar-refractivity contribution in [3.8, 4) is 12.3 Å². The van der Waals surface area contributed by atoms with E-state index >= 15 is 0 Å². The maximum atomic E-state index is 13.2. The fourth-order valence-corrected chi connectivity index (χ4v) is 3.68. The molecule has 1 saturated carbocycles. The van der Waals surface area contributed by atoms with Gasteiger partial charge in [-0.2, -0.15) is 13.2 Å². The van der Waals surface area contributed by atoms with Gasteiger partial charge in [-0.25, -0.2) is 4.39 Å².